The number of benzene rings is 1. The van der Waals surface area contributed by atoms with Crippen molar-refractivity contribution in [2.45, 2.75) is 19.9 Å². The molecular formula is C14H15ClN2O. The minimum absolute atomic E-state index is 0.0455. The van der Waals surface area contributed by atoms with E-state index in [4.69, 9.17) is 22.1 Å². The highest BCUT2D eigenvalue weighted by molar-refractivity contribution is 6.30. The van der Waals surface area contributed by atoms with Gasteiger partial charge in [-0.2, -0.15) is 0 Å². The van der Waals surface area contributed by atoms with Crippen molar-refractivity contribution < 1.29 is 4.74 Å². The van der Waals surface area contributed by atoms with Crippen molar-refractivity contribution in [3.05, 3.63) is 52.7 Å². The van der Waals surface area contributed by atoms with E-state index in [-0.39, 0.29) is 6.04 Å². The predicted octanol–water partition coefficient (Wildman–Crippen LogP) is 3.86. The van der Waals surface area contributed by atoms with Crippen LogP contribution >= 0.6 is 11.6 Å². The van der Waals surface area contributed by atoms with E-state index in [2.05, 4.69) is 4.98 Å². The fourth-order valence-corrected chi connectivity index (χ4v) is 1.72. The summed E-state index contributed by atoms with van der Waals surface area (Å²) in [5, 5.41) is 0.638. The minimum atomic E-state index is -0.0455. The molecular weight excluding hydrogens is 248 g/mol. The number of rotatable bonds is 3. The molecule has 0 unspecified atom stereocenters. The number of aryl methyl sites for hydroxylation is 1. The lowest BCUT2D eigenvalue weighted by Crippen LogP contribution is -2.05. The van der Waals surface area contributed by atoms with Gasteiger partial charge in [-0.05, 0) is 43.2 Å². The first kappa shape index (κ1) is 12.9. The maximum absolute atomic E-state index is 5.94. The lowest BCUT2D eigenvalue weighted by atomic mass is 10.1. The SMILES string of the molecule is Cc1ccc(Cl)cc1Oc1cc([C@@H](C)N)ccn1. The highest BCUT2D eigenvalue weighted by Gasteiger charge is 2.06. The zero-order valence-electron chi connectivity index (χ0n) is 10.4. The molecule has 0 aliphatic rings. The van der Waals surface area contributed by atoms with E-state index in [0.717, 1.165) is 11.1 Å². The van der Waals surface area contributed by atoms with Crippen LogP contribution in [0.1, 0.15) is 24.1 Å². The predicted molar refractivity (Wildman–Crippen MR) is 73.1 cm³/mol. The smallest absolute Gasteiger partial charge is 0.219 e. The molecule has 0 saturated carbocycles. The Kier molecular flexibility index (Phi) is 3.84. The first-order valence-corrected chi connectivity index (χ1v) is 6.09. The molecule has 2 aromatic rings. The van der Waals surface area contributed by atoms with Gasteiger partial charge >= 0.3 is 0 Å². The maximum atomic E-state index is 5.94. The second-order valence-electron chi connectivity index (χ2n) is 4.23. The maximum Gasteiger partial charge on any atom is 0.219 e. The second-order valence-corrected chi connectivity index (χ2v) is 4.66. The minimum Gasteiger partial charge on any atom is -0.439 e. The van der Waals surface area contributed by atoms with Crippen molar-refractivity contribution in [2.75, 3.05) is 0 Å². The van der Waals surface area contributed by atoms with E-state index in [1.54, 1.807) is 12.3 Å². The molecule has 0 aliphatic carbocycles. The Morgan fingerprint density at radius 2 is 2.06 bits per heavy atom. The molecule has 3 nitrogen and oxygen atoms in total. The molecule has 0 aliphatic heterocycles. The molecule has 18 heavy (non-hydrogen) atoms. The number of pyridine rings is 1. The number of nitrogens with zero attached hydrogens (tertiary/aromatic N) is 1. The van der Waals surface area contributed by atoms with Crippen LogP contribution in [0, 0.1) is 6.92 Å². The van der Waals surface area contributed by atoms with E-state index in [9.17, 15) is 0 Å². The van der Waals surface area contributed by atoms with E-state index >= 15 is 0 Å². The molecule has 0 fully saturated rings. The molecule has 1 aromatic heterocycles. The standard InChI is InChI=1S/C14H15ClN2O/c1-9-3-4-12(15)8-13(9)18-14-7-11(10(2)16)5-6-17-14/h3-8,10H,16H2,1-2H3/t10-/m1/s1. The number of hydrogen-bond acceptors (Lipinski definition) is 3. The van der Waals surface area contributed by atoms with Gasteiger partial charge in [0.2, 0.25) is 5.88 Å². The molecule has 0 radical (unpaired) electrons. The van der Waals surface area contributed by atoms with Gasteiger partial charge in [-0.15, -0.1) is 0 Å². The third-order valence-electron chi connectivity index (χ3n) is 2.65. The van der Waals surface area contributed by atoms with Crippen LogP contribution in [0.2, 0.25) is 5.02 Å². The molecule has 0 bridgehead atoms. The lowest BCUT2D eigenvalue weighted by molar-refractivity contribution is 0.458. The molecule has 2 N–H and O–H groups in total. The summed E-state index contributed by atoms with van der Waals surface area (Å²) in [7, 11) is 0. The van der Waals surface area contributed by atoms with Crippen molar-refractivity contribution in [2.24, 2.45) is 5.73 Å². The van der Waals surface area contributed by atoms with E-state index in [1.165, 1.54) is 0 Å². The summed E-state index contributed by atoms with van der Waals surface area (Å²) in [6.07, 6.45) is 1.69. The summed E-state index contributed by atoms with van der Waals surface area (Å²) in [6.45, 7) is 3.88. The lowest BCUT2D eigenvalue weighted by Gasteiger charge is -2.10. The summed E-state index contributed by atoms with van der Waals surface area (Å²) >= 11 is 5.94. The molecule has 0 amide bonds. The summed E-state index contributed by atoms with van der Waals surface area (Å²) in [6, 6.07) is 9.18. The van der Waals surface area contributed by atoms with Crippen LogP contribution < -0.4 is 10.5 Å². The van der Waals surface area contributed by atoms with Gasteiger partial charge in [0.1, 0.15) is 5.75 Å². The Hall–Kier alpha value is -1.58. The third-order valence-corrected chi connectivity index (χ3v) is 2.88. The van der Waals surface area contributed by atoms with Gasteiger partial charge in [0.25, 0.3) is 0 Å². The normalized spacial score (nSPS) is 12.2. The fraction of sp³-hybridized carbons (Fsp3) is 0.214. The van der Waals surface area contributed by atoms with Gasteiger partial charge in [0.15, 0.2) is 0 Å². The summed E-state index contributed by atoms with van der Waals surface area (Å²) in [5.41, 5.74) is 7.82. The number of ether oxygens (including phenoxy) is 1. The van der Waals surface area contributed by atoms with E-state index < -0.39 is 0 Å². The summed E-state index contributed by atoms with van der Waals surface area (Å²) < 4.78 is 5.73. The topological polar surface area (TPSA) is 48.1 Å². The van der Waals surface area contributed by atoms with Crippen molar-refractivity contribution in [1.82, 2.24) is 4.98 Å². The van der Waals surface area contributed by atoms with Crippen LogP contribution in [0.15, 0.2) is 36.5 Å². The van der Waals surface area contributed by atoms with Crippen LogP contribution in [0.5, 0.6) is 11.6 Å². The quantitative estimate of drug-likeness (QED) is 0.914. The van der Waals surface area contributed by atoms with Crippen LogP contribution in [0.25, 0.3) is 0 Å². The molecule has 4 heteroatoms. The monoisotopic (exact) mass is 262 g/mol. The number of aromatic nitrogens is 1. The molecule has 1 atom stereocenters. The van der Waals surface area contributed by atoms with Crippen molar-refractivity contribution in [3.63, 3.8) is 0 Å². The molecule has 1 heterocycles. The van der Waals surface area contributed by atoms with Gasteiger partial charge in [0, 0.05) is 23.3 Å². The Labute approximate surface area is 112 Å². The van der Waals surface area contributed by atoms with Crippen molar-refractivity contribution >= 4 is 11.6 Å². The highest BCUT2D eigenvalue weighted by atomic mass is 35.5. The number of hydrogen-bond donors (Lipinski definition) is 1. The molecule has 0 spiro atoms. The first-order valence-electron chi connectivity index (χ1n) is 5.72. The fourth-order valence-electron chi connectivity index (χ4n) is 1.56. The van der Waals surface area contributed by atoms with Gasteiger partial charge in [0.05, 0.1) is 0 Å². The van der Waals surface area contributed by atoms with Crippen LogP contribution in [0.3, 0.4) is 0 Å². The van der Waals surface area contributed by atoms with Crippen LogP contribution in [-0.2, 0) is 0 Å². The van der Waals surface area contributed by atoms with E-state index in [0.29, 0.717) is 16.7 Å². The van der Waals surface area contributed by atoms with Gasteiger partial charge in [-0.3, -0.25) is 0 Å². The summed E-state index contributed by atoms with van der Waals surface area (Å²) in [4.78, 5) is 4.17. The number of nitrogens with two attached hydrogens (primary N) is 1. The van der Waals surface area contributed by atoms with Crippen LogP contribution in [0.4, 0.5) is 0 Å². The van der Waals surface area contributed by atoms with Crippen molar-refractivity contribution in [1.29, 1.82) is 0 Å². The Bertz CT molecular complexity index is 555. The average molecular weight is 263 g/mol. The van der Waals surface area contributed by atoms with E-state index in [1.807, 2.05) is 38.1 Å². The van der Waals surface area contributed by atoms with Gasteiger partial charge in [-0.1, -0.05) is 17.7 Å². The number of halogens is 1. The van der Waals surface area contributed by atoms with Crippen LogP contribution in [-0.4, -0.2) is 4.98 Å². The zero-order chi connectivity index (χ0) is 13.1. The third kappa shape index (κ3) is 3.00. The van der Waals surface area contributed by atoms with Gasteiger partial charge in [-0.25, -0.2) is 4.98 Å². The molecule has 1 aromatic carbocycles. The Morgan fingerprint density at radius 3 is 2.78 bits per heavy atom. The molecule has 0 saturated heterocycles. The Morgan fingerprint density at radius 1 is 1.28 bits per heavy atom. The first-order chi connectivity index (χ1) is 8.56. The van der Waals surface area contributed by atoms with Gasteiger partial charge < -0.3 is 10.5 Å². The summed E-state index contributed by atoms with van der Waals surface area (Å²) in [5.74, 6) is 1.23. The molecule has 94 valence electrons. The Balaban J connectivity index is 2.28. The average Bonchev–Trinajstić information content (AvgIpc) is 2.34. The zero-order valence-corrected chi connectivity index (χ0v) is 11.1. The second kappa shape index (κ2) is 5.38. The largest absolute Gasteiger partial charge is 0.439 e. The van der Waals surface area contributed by atoms with Crippen molar-refractivity contribution in [3.8, 4) is 11.6 Å². The molecule has 2 rings (SSSR count). The highest BCUT2D eigenvalue weighted by Crippen LogP contribution is 2.27.